The van der Waals surface area contributed by atoms with Gasteiger partial charge >= 0.3 is 6.18 Å². The standard InChI is InChI=1S/C19H24F3N5O2/c1-10-8-12(19(20,21)22)9-15(23-10)27-16(13-6-5-7-14(13)18(27)29)17(28)25-24-11(2)26(3)4/h8-9,13-14,16H,5-7H2,1-4H3,(H,25,28). The van der Waals surface area contributed by atoms with E-state index >= 15 is 0 Å². The number of aryl methyl sites for hydroxylation is 1. The normalized spacial score (nSPS) is 24.7. The molecule has 1 saturated heterocycles. The average Bonchev–Trinajstić information content (AvgIpc) is 3.20. The Hall–Kier alpha value is -2.65. The van der Waals surface area contributed by atoms with Gasteiger partial charge in [-0.25, -0.2) is 10.4 Å². The van der Waals surface area contributed by atoms with Gasteiger partial charge in [0.2, 0.25) is 5.91 Å². The number of fused-ring (bicyclic) bond motifs is 1. The molecule has 3 rings (SSSR count). The van der Waals surface area contributed by atoms with E-state index in [2.05, 4.69) is 15.5 Å². The number of aromatic nitrogens is 1. The first-order valence-electron chi connectivity index (χ1n) is 9.41. The van der Waals surface area contributed by atoms with Crippen molar-refractivity contribution in [3.05, 3.63) is 23.4 Å². The van der Waals surface area contributed by atoms with Crippen molar-refractivity contribution in [1.29, 1.82) is 0 Å². The molecule has 158 valence electrons. The summed E-state index contributed by atoms with van der Waals surface area (Å²) in [4.78, 5) is 32.9. The van der Waals surface area contributed by atoms with E-state index in [9.17, 15) is 22.8 Å². The monoisotopic (exact) mass is 411 g/mol. The van der Waals surface area contributed by atoms with Gasteiger partial charge in [0.25, 0.3) is 5.91 Å². The van der Waals surface area contributed by atoms with Crippen molar-refractivity contribution in [1.82, 2.24) is 15.3 Å². The molecule has 1 aliphatic heterocycles. The van der Waals surface area contributed by atoms with Gasteiger partial charge in [-0.05, 0) is 38.8 Å². The molecule has 1 aromatic rings. The lowest BCUT2D eigenvalue weighted by atomic mass is 9.93. The van der Waals surface area contributed by atoms with Gasteiger partial charge in [0, 0.05) is 31.6 Å². The maximum absolute atomic E-state index is 13.3. The van der Waals surface area contributed by atoms with Crippen molar-refractivity contribution in [3.8, 4) is 0 Å². The van der Waals surface area contributed by atoms with Gasteiger partial charge in [-0.1, -0.05) is 6.42 Å². The number of amides is 2. The first-order valence-corrected chi connectivity index (χ1v) is 9.41. The van der Waals surface area contributed by atoms with Crippen molar-refractivity contribution in [2.75, 3.05) is 19.0 Å². The Morgan fingerprint density at radius 1 is 1.31 bits per heavy atom. The second-order valence-electron chi connectivity index (χ2n) is 7.74. The highest BCUT2D eigenvalue weighted by Gasteiger charge is 2.54. The van der Waals surface area contributed by atoms with E-state index in [1.54, 1.807) is 25.9 Å². The van der Waals surface area contributed by atoms with Gasteiger partial charge in [0.05, 0.1) is 5.56 Å². The van der Waals surface area contributed by atoms with Crippen LogP contribution in [0.15, 0.2) is 17.2 Å². The van der Waals surface area contributed by atoms with Crippen molar-refractivity contribution in [2.45, 2.75) is 45.3 Å². The van der Waals surface area contributed by atoms with Gasteiger partial charge in [-0.15, -0.1) is 0 Å². The molecule has 0 spiro atoms. The summed E-state index contributed by atoms with van der Waals surface area (Å²) in [5.41, 5.74) is 1.69. The van der Waals surface area contributed by atoms with Gasteiger partial charge in [-0.3, -0.25) is 14.5 Å². The van der Waals surface area contributed by atoms with Crippen LogP contribution in [-0.2, 0) is 15.8 Å². The SMILES string of the molecule is CC(=NNC(=O)C1C2CCCC2C(=O)N1c1cc(C(F)(F)F)cc(C)n1)N(C)C. The van der Waals surface area contributed by atoms with Crippen LogP contribution >= 0.6 is 0 Å². The minimum atomic E-state index is -4.58. The molecule has 2 amide bonds. The first-order chi connectivity index (χ1) is 13.5. The summed E-state index contributed by atoms with van der Waals surface area (Å²) < 4.78 is 39.8. The lowest BCUT2D eigenvalue weighted by Crippen LogP contribution is -2.47. The summed E-state index contributed by atoms with van der Waals surface area (Å²) in [6.07, 6.45) is -2.51. The molecule has 3 unspecified atom stereocenters. The Bertz CT molecular complexity index is 853. The molecule has 2 heterocycles. The maximum atomic E-state index is 13.3. The fourth-order valence-corrected chi connectivity index (χ4v) is 3.99. The molecule has 29 heavy (non-hydrogen) atoms. The van der Waals surface area contributed by atoms with Crippen LogP contribution in [0.4, 0.5) is 19.0 Å². The predicted octanol–water partition coefficient (Wildman–Crippen LogP) is 2.55. The number of nitrogens with one attached hydrogen (secondary N) is 1. The third-order valence-corrected chi connectivity index (χ3v) is 5.57. The molecule has 7 nitrogen and oxygen atoms in total. The highest BCUT2D eigenvalue weighted by molar-refractivity contribution is 6.05. The molecule has 0 radical (unpaired) electrons. The van der Waals surface area contributed by atoms with E-state index in [1.165, 1.54) is 6.92 Å². The average molecular weight is 411 g/mol. The third-order valence-electron chi connectivity index (χ3n) is 5.57. The van der Waals surface area contributed by atoms with Crippen LogP contribution in [0.25, 0.3) is 0 Å². The van der Waals surface area contributed by atoms with Crippen LogP contribution in [-0.4, -0.2) is 47.7 Å². The molecular weight excluding hydrogens is 387 g/mol. The molecule has 2 fully saturated rings. The summed E-state index contributed by atoms with van der Waals surface area (Å²) >= 11 is 0. The molecule has 3 atom stereocenters. The van der Waals surface area contributed by atoms with Crippen LogP contribution in [0.3, 0.4) is 0 Å². The van der Waals surface area contributed by atoms with Crippen LogP contribution in [0.1, 0.15) is 37.4 Å². The zero-order valence-corrected chi connectivity index (χ0v) is 16.7. The molecule has 0 bridgehead atoms. The van der Waals surface area contributed by atoms with Gasteiger partial charge < -0.3 is 4.90 Å². The summed E-state index contributed by atoms with van der Waals surface area (Å²) in [6.45, 7) is 3.13. The highest BCUT2D eigenvalue weighted by atomic mass is 19.4. The van der Waals surface area contributed by atoms with Crippen LogP contribution < -0.4 is 10.3 Å². The molecule has 1 aromatic heterocycles. The molecule has 10 heteroatoms. The summed E-state index contributed by atoms with van der Waals surface area (Å²) in [5.74, 6) is -1.14. The molecule has 0 aromatic carbocycles. The predicted molar refractivity (Wildman–Crippen MR) is 101 cm³/mol. The first kappa shape index (κ1) is 21.1. The molecular formula is C19H24F3N5O2. The van der Waals surface area contributed by atoms with Gasteiger partial charge in [0.15, 0.2) is 0 Å². The number of hydrogen-bond acceptors (Lipinski definition) is 4. The van der Waals surface area contributed by atoms with E-state index in [0.29, 0.717) is 18.7 Å². The van der Waals surface area contributed by atoms with Crippen molar-refractivity contribution < 1.29 is 22.8 Å². The number of hydrogen-bond donors (Lipinski definition) is 1. The molecule has 1 aliphatic carbocycles. The van der Waals surface area contributed by atoms with Crippen LogP contribution in [0.5, 0.6) is 0 Å². The number of alkyl halides is 3. The number of anilines is 1. The second kappa shape index (κ2) is 7.64. The number of carbonyl (C=O) groups excluding carboxylic acids is 2. The Kier molecular flexibility index (Phi) is 5.55. The number of rotatable bonds is 3. The quantitative estimate of drug-likeness (QED) is 0.471. The number of carbonyl (C=O) groups is 2. The summed E-state index contributed by atoms with van der Waals surface area (Å²) in [6, 6.07) is 0.815. The lowest BCUT2D eigenvalue weighted by Gasteiger charge is -2.26. The highest BCUT2D eigenvalue weighted by Crippen LogP contribution is 2.45. The zero-order valence-electron chi connectivity index (χ0n) is 16.7. The Labute approximate surface area is 167 Å². The van der Waals surface area contributed by atoms with E-state index in [4.69, 9.17) is 0 Å². The number of amidine groups is 1. The number of hydrazone groups is 1. The molecule has 1 saturated carbocycles. The number of pyridine rings is 1. The Morgan fingerprint density at radius 2 is 2.00 bits per heavy atom. The van der Waals surface area contributed by atoms with E-state index in [1.807, 2.05) is 0 Å². The Balaban J connectivity index is 2.00. The second-order valence-corrected chi connectivity index (χ2v) is 7.74. The fraction of sp³-hybridized carbons (Fsp3) is 0.579. The number of nitrogens with zero attached hydrogens (tertiary/aromatic N) is 4. The van der Waals surface area contributed by atoms with Crippen molar-refractivity contribution in [2.24, 2.45) is 16.9 Å². The van der Waals surface area contributed by atoms with Gasteiger partial charge in [0.1, 0.15) is 17.7 Å². The zero-order chi connectivity index (χ0) is 21.5. The van der Waals surface area contributed by atoms with Gasteiger partial charge in [-0.2, -0.15) is 18.3 Å². The summed E-state index contributed by atoms with van der Waals surface area (Å²) in [5, 5.41) is 4.01. The van der Waals surface area contributed by atoms with Crippen LogP contribution in [0.2, 0.25) is 0 Å². The van der Waals surface area contributed by atoms with E-state index < -0.39 is 23.7 Å². The topological polar surface area (TPSA) is 77.9 Å². The van der Waals surface area contributed by atoms with Crippen LogP contribution in [0, 0.1) is 18.8 Å². The minimum Gasteiger partial charge on any atom is -0.365 e. The van der Waals surface area contributed by atoms with Crippen molar-refractivity contribution in [3.63, 3.8) is 0 Å². The molecule has 2 aliphatic rings. The fourth-order valence-electron chi connectivity index (χ4n) is 3.99. The smallest absolute Gasteiger partial charge is 0.365 e. The van der Waals surface area contributed by atoms with Crippen molar-refractivity contribution >= 4 is 23.5 Å². The van der Waals surface area contributed by atoms with E-state index in [-0.39, 0.29) is 29.3 Å². The summed E-state index contributed by atoms with van der Waals surface area (Å²) in [7, 11) is 3.53. The molecule has 1 N–H and O–H groups in total. The third kappa shape index (κ3) is 4.06. The number of halogens is 3. The van der Waals surface area contributed by atoms with E-state index in [0.717, 1.165) is 23.5 Å². The largest absolute Gasteiger partial charge is 0.416 e. The Morgan fingerprint density at radius 3 is 2.62 bits per heavy atom. The maximum Gasteiger partial charge on any atom is 0.416 e. The minimum absolute atomic E-state index is 0.125. The lowest BCUT2D eigenvalue weighted by molar-refractivity contribution is -0.137.